The zero-order valence-corrected chi connectivity index (χ0v) is 11.2. The fourth-order valence-electron chi connectivity index (χ4n) is 1.34. The van der Waals surface area contributed by atoms with Gasteiger partial charge in [-0.1, -0.05) is 20.3 Å². The van der Waals surface area contributed by atoms with Crippen molar-refractivity contribution in [3.63, 3.8) is 0 Å². The predicted octanol–water partition coefficient (Wildman–Crippen LogP) is 2.27. The lowest BCUT2D eigenvalue weighted by molar-refractivity contribution is -0.140. The number of carbonyl (C=O) groups excluding carboxylic acids is 1. The van der Waals surface area contributed by atoms with E-state index in [-0.39, 0.29) is 5.92 Å². The molecule has 2 atom stereocenters. The highest BCUT2D eigenvalue weighted by molar-refractivity contribution is 9.10. The van der Waals surface area contributed by atoms with Crippen molar-refractivity contribution < 1.29 is 19.1 Å². The van der Waals surface area contributed by atoms with Crippen LogP contribution < -0.4 is 5.32 Å². The maximum Gasteiger partial charge on any atom is 0.326 e. The Morgan fingerprint density at radius 3 is 2.65 bits per heavy atom. The third-order valence-electron chi connectivity index (χ3n) is 2.60. The van der Waals surface area contributed by atoms with Crippen LogP contribution in [0.25, 0.3) is 0 Å². The summed E-state index contributed by atoms with van der Waals surface area (Å²) < 4.78 is 5.35. The Bertz CT molecular complexity index is 415. The van der Waals surface area contributed by atoms with Crippen molar-refractivity contribution in [2.24, 2.45) is 5.92 Å². The van der Waals surface area contributed by atoms with Gasteiger partial charge in [-0.3, -0.25) is 4.79 Å². The summed E-state index contributed by atoms with van der Waals surface area (Å²) in [5.74, 6) is -1.62. The van der Waals surface area contributed by atoms with Gasteiger partial charge in [0.05, 0.1) is 5.56 Å². The molecule has 2 N–H and O–H groups in total. The number of halogens is 1. The molecule has 94 valence electrons. The Morgan fingerprint density at radius 1 is 1.59 bits per heavy atom. The number of hydrogen-bond acceptors (Lipinski definition) is 3. The number of rotatable bonds is 5. The number of aliphatic carboxylic acids is 1. The van der Waals surface area contributed by atoms with Gasteiger partial charge in [0.2, 0.25) is 0 Å². The molecule has 1 amide bonds. The first kappa shape index (κ1) is 13.8. The van der Waals surface area contributed by atoms with E-state index in [0.717, 1.165) is 0 Å². The van der Waals surface area contributed by atoms with E-state index < -0.39 is 17.9 Å². The summed E-state index contributed by atoms with van der Waals surface area (Å²) in [6.07, 6.45) is 1.95. The molecule has 0 aliphatic carbocycles. The van der Waals surface area contributed by atoms with Crippen LogP contribution in [0.3, 0.4) is 0 Å². The first-order valence-electron chi connectivity index (χ1n) is 5.23. The van der Waals surface area contributed by atoms with E-state index in [1.54, 1.807) is 6.92 Å². The van der Waals surface area contributed by atoms with Crippen molar-refractivity contribution in [3.8, 4) is 0 Å². The van der Waals surface area contributed by atoms with Crippen LogP contribution in [-0.4, -0.2) is 23.0 Å². The number of carbonyl (C=O) groups is 2. The second kappa shape index (κ2) is 5.86. The quantitative estimate of drug-likeness (QED) is 0.874. The third kappa shape index (κ3) is 3.59. The van der Waals surface area contributed by atoms with Crippen molar-refractivity contribution >= 4 is 27.8 Å². The van der Waals surface area contributed by atoms with Crippen LogP contribution in [0.2, 0.25) is 0 Å². The summed E-state index contributed by atoms with van der Waals surface area (Å²) in [6.45, 7) is 3.66. The maximum atomic E-state index is 11.7. The minimum absolute atomic E-state index is 0.133. The molecular weight excluding hydrogens is 290 g/mol. The number of carboxylic acid groups (broad SMARTS) is 1. The van der Waals surface area contributed by atoms with Crippen LogP contribution >= 0.6 is 15.9 Å². The summed E-state index contributed by atoms with van der Waals surface area (Å²) >= 11 is 3.08. The Hall–Kier alpha value is -1.30. The molecule has 0 saturated carbocycles. The van der Waals surface area contributed by atoms with Crippen LogP contribution in [0.4, 0.5) is 0 Å². The number of nitrogens with one attached hydrogen (secondary N) is 1. The van der Waals surface area contributed by atoms with E-state index in [1.165, 1.54) is 12.3 Å². The first-order chi connectivity index (χ1) is 7.95. The number of furan rings is 1. The van der Waals surface area contributed by atoms with Crippen molar-refractivity contribution in [2.75, 3.05) is 0 Å². The fraction of sp³-hybridized carbons (Fsp3) is 0.455. The highest BCUT2D eigenvalue weighted by Crippen LogP contribution is 2.15. The summed E-state index contributed by atoms with van der Waals surface area (Å²) in [4.78, 5) is 22.8. The molecule has 0 radical (unpaired) electrons. The van der Waals surface area contributed by atoms with Gasteiger partial charge in [0, 0.05) is 6.07 Å². The van der Waals surface area contributed by atoms with Gasteiger partial charge in [0.25, 0.3) is 5.91 Å². The Labute approximate surface area is 107 Å². The lowest BCUT2D eigenvalue weighted by atomic mass is 9.99. The molecule has 0 aliphatic rings. The third-order valence-corrected chi connectivity index (χ3v) is 3.01. The lowest BCUT2D eigenvalue weighted by Crippen LogP contribution is -2.44. The van der Waals surface area contributed by atoms with Gasteiger partial charge in [-0.15, -0.1) is 0 Å². The molecule has 17 heavy (non-hydrogen) atoms. The van der Waals surface area contributed by atoms with Crippen LogP contribution in [0.1, 0.15) is 30.6 Å². The molecule has 0 aliphatic heterocycles. The van der Waals surface area contributed by atoms with Crippen molar-refractivity contribution in [3.05, 3.63) is 22.6 Å². The monoisotopic (exact) mass is 303 g/mol. The standard InChI is InChI=1S/C11H14BrNO4/c1-3-6(2)9(11(15)16)13-10(14)7-4-8(12)17-5-7/h4-6,9H,3H2,1-2H3,(H,13,14)(H,15,16)/t6-,9+/m0/s1. The molecule has 5 nitrogen and oxygen atoms in total. The average Bonchev–Trinajstić information content (AvgIpc) is 2.71. The summed E-state index contributed by atoms with van der Waals surface area (Å²) in [5, 5.41) is 11.5. The van der Waals surface area contributed by atoms with Gasteiger partial charge in [-0.25, -0.2) is 4.79 Å². The van der Waals surface area contributed by atoms with Gasteiger partial charge in [0.1, 0.15) is 12.3 Å². The van der Waals surface area contributed by atoms with Crippen LogP contribution in [-0.2, 0) is 4.79 Å². The average molecular weight is 304 g/mol. The van der Waals surface area contributed by atoms with Crippen LogP contribution in [0.5, 0.6) is 0 Å². The minimum atomic E-state index is -1.03. The SMILES string of the molecule is CC[C@H](C)[C@@H](NC(=O)c1coc(Br)c1)C(=O)O. The molecule has 6 heteroatoms. The Morgan fingerprint density at radius 2 is 2.24 bits per heavy atom. The first-order valence-corrected chi connectivity index (χ1v) is 6.02. The topological polar surface area (TPSA) is 79.5 Å². The molecule has 0 spiro atoms. The van der Waals surface area contributed by atoms with Gasteiger partial charge >= 0.3 is 5.97 Å². The molecule has 1 rings (SSSR count). The van der Waals surface area contributed by atoms with Gasteiger partial charge < -0.3 is 14.8 Å². The molecule has 1 aromatic rings. The van der Waals surface area contributed by atoms with Gasteiger partial charge in [0.15, 0.2) is 4.67 Å². The van der Waals surface area contributed by atoms with E-state index >= 15 is 0 Å². The van der Waals surface area contributed by atoms with Crippen LogP contribution in [0.15, 0.2) is 21.4 Å². The molecule has 0 saturated heterocycles. The lowest BCUT2D eigenvalue weighted by Gasteiger charge is -2.19. The van der Waals surface area contributed by atoms with Gasteiger partial charge in [-0.05, 0) is 21.8 Å². The largest absolute Gasteiger partial charge is 0.480 e. The highest BCUT2D eigenvalue weighted by Gasteiger charge is 2.26. The summed E-state index contributed by atoms with van der Waals surface area (Å²) in [7, 11) is 0. The Balaban J connectivity index is 2.74. The van der Waals surface area contributed by atoms with E-state index in [9.17, 15) is 9.59 Å². The zero-order chi connectivity index (χ0) is 13.0. The molecule has 0 aromatic carbocycles. The van der Waals surface area contributed by atoms with Crippen molar-refractivity contribution in [2.45, 2.75) is 26.3 Å². The minimum Gasteiger partial charge on any atom is -0.480 e. The maximum absolute atomic E-state index is 11.7. The number of carboxylic acids is 1. The van der Waals surface area contributed by atoms with E-state index in [2.05, 4.69) is 21.2 Å². The van der Waals surface area contributed by atoms with Crippen molar-refractivity contribution in [1.82, 2.24) is 5.32 Å². The number of amides is 1. The normalized spacial score (nSPS) is 14.1. The molecule has 0 unspecified atom stereocenters. The number of hydrogen-bond donors (Lipinski definition) is 2. The molecule has 1 heterocycles. The van der Waals surface area contributed by atoms with E-state index in [0.29, 0.717) is 16.7 Å². The zero-order valence-electron chi connectivity index (χ0n) is 9.57. The summed E-state index contributed by atoms with van der Waals surface area (Å²) in [5.41, 5.74) is 0.298. The fourth-order valence-corrected chi connectivity index (χ4v) is 1.68. The van der Waals surface area contributed by atoms with Crippen molar-refractivity contribution in [1.29, 1.82) is 0 Å². The molecule has 0 bridgehead atoms. The Kier molecular flexibility index (Phi) is 4.74. The highest BCUT2D eigenvalue weighted by atomic mass is 79.9. The smallest absolute Gasteiger partial charge is 0.326 e. The second-order valence-electron chi connectivity index (χ2n) is 3.81. The molecule has 0 fully saturated rings. The predicted molar refractivity (Wildman–Crippen MR) is 64.8 cm³/mol. The molecular formula is C11H14BrNO4. The van der Waals surface area contributed by atoms with E-state index in [1.807, 2.05) is 6.92 Å². The van der Waals surface area contributed by atoms with Crippen LogP contribution in [0, 0.1) is 5.92 Å². The van der Waals surface area contributed by atoms with Gasteiger partial charge in [-0.2, -0.15) is 0 Å². The summed E-state index contributed by atoms with van der Waals surface area (Å²) in [6, 6.07) is 0.603. The second-order valence-corrected chi connectivity index (χ2v) is 4.60. The van der Waals surface area contributed by atoms with E-state index in [4.69, 9.17) is 9.52 Å². The molecule has 1 aromatic heterocycles.